The van der Waals surface area contributed by atoms with Crippen molar-refractivity contribution in [3.05, 3.63) is 35.9 Å². The van der Waals surface area contributed by atoms with Gasteiger partial charge in [-0.2, -0.15) is 0 Å². The van der Waals surface area contributed by atoms with Crippen molar-refractivity contribution < 1.29 is 4.79 Å². The molecule has 0 radical (unpaired) electrons. The highest BCUT2D eigenvalue weighted by atomic mass is 16.1. The molecule has 0 spiro atoms. The van der Waals surface area contributed by atoms with Gasteiger partial charge in [-0.25, -0.2) is 0 Å². The average Bonchev–Trinajstić information content (AvgIpc) is 2.59. The van der Waals surface area contributed by atoms with Gasteiger partial charge in [0.25, 0.3) is 0 Å². The Morgan fingerprint density at radius 3 is 2.54 bits per heavy atom. The molecule has 3 N–H and O–H groups in total. The Balaban J connectivity index is 1.63. The highest BCUT2D eigenvalue weighted by Crippen LogP contribution is 2.18. The molecule has 1 unspecified atom stereocenters. The summed E-state index contributed by atoms with van der Waals surface area (Å²) in [6.45, 7) is 8.89. The van der Waals surface area contributed by atoms with Gasteiger partial charge in [-0.3, -0.25) is 4.79 Å². The fraction of sp³-hybridized carbons (Fsp3) is 0.650. The summed E-state index contributed by atoms with van der Waals surface area (Å²) < 4.78 is 0. The van der Waals surface area contributed by atoms with Gasteiger partial charge in [0.05, 0.1) is 0 Å². The average molecular weight is 332 g/mol. The van der Waals surface area contributed by atoms with E-state index in [9.17, 15) is 4.79 Å². The normalized spacial score (nSPS) is 17.8. The van der Waals surface area contributed by atoms with Crippen LogP contribution in [0.2, 0.25) is 0 Å². The van der Waals surface area contributed by atoms with Crippen LogP contribution >= 0.6 is 0 Å². The minimum Gasteiger partial charge on any atom is -0.356 e. The van der Waals surface area contributed by atoms with Crippen LogP contribution in [0.25, 0.3) is 0 Å². The van der Waals surface area contributed by atoms with Gasteiger partial charge in [0.15, 0.2) is 0 Å². The number of benzene rings is 1. The fourth-order valence-corrected chi connectivity index (χ4v) is 3.20. The maximum absolute atomic E-state index is 12.1. The molecule has 1 amide bonds. The lowest BCUT2D eigenvalue weighted by Crippen LogP contribution is -2.39. The summed E-state index contributed by atoms with van der Waals surface area (Å²) in [5, 5.41) is 3.08. The lowest BCUT2D eigenvalue weighted by atomic mass is 9.96. The van der Waals surface area contributed by atoms with E-state index in [0.717, 1.165) is 31.1 Å². The second kappa shape index (κ2) is 9.80. The van der Waals surface area contributed by atoms with E-state index < -0.39 is 0 Å². The lowest BCUT2D eigenvalue weighted by Gasteiger charge is -2.32. The van der Waals surface area contributed by atoms with Crippen LogP contribution in [-0.2, 0) is 4.79 Å². The van der Waals surface area contributed by atoms with Gasteiger partial charge in [-0.1, -0.05) is 44.2 Å². The summed E-state index contributed by atoms with van der Waals surface area (Å²) in [4.78, 5) is 14.7. The van der Waals surface area contributed by atoms with Crippen molar-refractivity contribution in [2.45, 2.75) is 45.6 Å². The Bertz CT molecular complexity index is 481. The van der Waals surface area contributed by atoms with Crippen LogP contribution in [-0.4, -0.2) is 37.0 Å². The Labute approximate surface area is 146 Å². The molecule has 0 saturated carbocycles. The van der Waals surface area contributed by atoms with Crippen molar-refractivity contribution in [3.63, 3.8) is 0 Å². The molecule has 0 aliphatic carbocycles. The van der Waals surface area contributed by atoms with Crippen molar-refractivity contribution in [3.8, 4) is 0 Å². The van der Waals surface area contributed by atoms with Gasteiger partial charge < -0.3 is 16.0 Å². The van der Waals surface area contributed by atoms with Gasteiger partial charge in [0, 0.05) is 19.0 Å². The molecule has 0 bridgehead atoms. The molecular formula is C20H33N3O. The number of hydrogen-bond acceptors (Lipinski definition) is 3. The second-order valence-electron chi connectivity index (χ2n) is 7.49. The third-order valence-corrected chi connectivity index (χ3v) is 4.95. The first-order chi connectivity index (χ1) is 11.5. The van der Waals surface area contributed by atoms with E-state index in [0.29, 0.717) is 12.3 Å². The van der Waals surface area contributed by atoms with E-state index >= 15 is 0 Å². The molecule has 1 aromatic carbocycles. The third kappa shape index (κ3) is 6.62. The predicted octanol–water partition coefficient (Wildman–Crippen LogP) is 2.95. The first-order valence-electron chi connectivity index (χ1n) is 9.34. The topological polar surface area (TPSA) is 58.4 Å². The summed E-state index contributed by atoms with van der Waals surface area (Å²) in [5.41, 5.74) is 7.13. The Hall–Kier alpha value is -1.39. The number of amides is 1. The molecule has 1 aliphatic rings. The van der Waals surface area contributed by atoms with E-state index in [2.05, 4.69) is 24.1 Å². The van der Waals surface area contributed by atoms with Crippen LogP contribution in [0.5, 0.6) is 0 Å². The molecule has 1 heterocycles. The van der Waals surface area contributed by atoms with Crippen LogP contribution < -0.4 is 11.1 Å². The maximum atomic E-state index is 12.1. The van der Waals surface area contributed by atoms with Crippen molar-refractivity contribution in [1.29, 1.82) is 0 Å². The maximum Gasteiger partial charge on any atom is 0.221 e. The number of rotatable bonds is 8. The van der Waals surface area contributed by atoms with E-state index in [4.69, 9.17) is 5.73 Å². The summed E-state index contributed by atoms with van der Waals surface area (Å²) in [6.07, 6.45) is 4.00. The second-order valence-corrected chi connectivity index (χ2v) is 7.49. The number of hydrogen-bond donors (Lipinski definition) is 2. The zero-order chi connectivity index (χ0) is 17.4. The van der Waals surface area contributed by atoms with Crippen LogP contribution in [0.15, 0.2) is 30.3 Å². The fourth-order valence-electron chi connectivity index (χ4n) is 3.20. The Morgan fingerprint density at radius 1 is 1.25 bits per heavy atom. The van der Waals surface area contributed by atoms with Crippen molar-refractivity contribution in [2.24, 2.45) is 17.6 Å². The van der Waals surface area contributed by atoms with Gasteiger partial charge in [-0.15, -0.1) is 0 Å². The van der Waals surface area contributed by atoms with E-state index in [1.807, 2.05) is 30.3 Å². The predicted molar refractivity (Wildman–Crippen MR) is 99.6 cm³/mol. The molecule has 4 heteroatoms. The quantitative estimate of drug-likeness (QED) is 0.770. The van der Waals surface area contributed by atoms with Gasteiger partial charge in [0.2, 0.25) is 5.91 Å². The van der Waals surface area contributed by atoms with Crippen LogP contribution in [0.3, 0.4) is 0 Å². The van der Waals surface area contributed by atoms with Crippen LogP contribution in [0.1, 0.15) is 51.1 Å². The Kier molecular flexibility index (Phi) is 7.73. The first-order valence-corrected chi connectivity index (χ1v) is 9.34. The summed E-state index contributed by atoms with van der Waals surface area (Å²) >= 11 is 0. The lowest BCUT2D eigenvalue weighted by molar-refractivity contribution is -0.121. The molecule has 1 fully saturated rings. The highest BCUT2D eigenvalue weighted by molar-refractivity contribution is 5.76. The largest absolute Gasteiger partial charge is 0.356 e. The SMILES string of the molecule is CC(C)CCN1CCC(CNC(=O)CC(N)c2ccccc2)CC1. The molecular weight excluding hydrogens is 298 g/mol. The number of nitrogens with two attached hydrogens (primary N) is 1. The van der Waals surface area contributed by atoms with Crippen LogP contribution in [0.4, 0.5) is 0 Å². The third-order valence-electron chi connectivity index (χ3n) is 4.95. The molecule has 24 heavy (non-hydrogen) atoms. The minimum absolute atomic E-state index is 0.0635. The van der Waals surface area contributed by atoms with Crippen LogP contribution in [0, 0.1) is 11.8 Å². The number of carbonyl (C=O) groups is 1. The molecule has 1 aliphatic heterocycles. The number of nitrogens with zero attached hydrogens (tertiary/aromatic N) is 1. The van der Waals surface area contributed by atoms with Crippen molar-refractivity contribution in [1.82, 2.24) is 10.2 Å². The Morgan fingerprint density at radius 2 is 1.92 bits per heavy atom. The zero-order valence-corrected chi connectivity index (χ0v) is 15.2. The summed E-state index contributed by atoms with van der Waals surface area (Å²) in [7, 11) is 0. The molecule has 4 nitrogen and oxygen atoms in total. The minimum atomic E-state index is -0.218. The monoisotopic (exact) mass is 331 g/mol. The number of carbonyl (C=O) groups excluding carboxylic acids is 1. The zero-order valence-electron chi connectivity index (χ0n) is 15.2. The number of piperidine rings is 1. The number of likely N-dealkylation sites (tertiary alicyclic amines) is 1. The summed E-state index contributed by atoms with van der Waals surface area (Å²) in [6, 6.07) is 9.61. The molecule has 134 valence electrons. The van der Waals surface area contributed by atoms with Gasteiger partial charge in [0.1, 0.15) is 0 Å². The molecule has 2 rings (SSSR count). The van der Waals surface area contributed by atoms with E-state index in [1.165, 1.54) is 25.8 Å². The standard InChI is InChI=1S/C20H33N3O/c1-16(2)8-11-23-12-9-17(10-13-23)15-22-20(24)14-19(21)18-6-4-3-5-7-18/h3-7,16-17,19H,8-15,21H2,1-2H3,(H,22,24). The van der Waals surface area contributed by atoms with Crippen molar-refractivity contribution in [2.75, 3.05) is 26.2 Å². The molecule has 1 saturated heterocycles. The number of nitrogens with one attached hydrogen (secondary N) is 1. The van der Waals surface area contributed by atoms with Gasteiger partial charge in [-0.05, 0) is 56.3 Å². The first kappa shape index (κ1) is 18.9. The summed E-state index contributed by atoms with van der Waals surface area (Å²) in [5.74, 6) is 1.45. The molecule has 1 aromatic rings. The van der Waals surface area contributed by atoms with E-state index in [1.54, 1.807) is 0 Å². The smallest absolute Gasteiger partial charge is 0.221 e. The highest BCUT2D eigenvalue weighted by Gasteiger charge is 2.20. The van der Waals surface area contributed by atoms with Gasteiger partial charge >= 0.3 is 0 Å². The molecule has 1 atom stereocenters. The van der Waals surface area contributed by atoms with Crippen molar-refractivity contribution >= 4 is 5.91 Å². The molecule has 0 aromatic heterocycles. The van der Waals surface area contributed by atoms with E-state index in [-0.39, 0.29) is 11.9 Å².